The molecule has 105 heavy (non-hydrogen) atoms. The molecule has 5 unspecified atom stereocenters. The number of aliphatic hydroxyl groups is 2. The van der Waals surface area contributed by atoms with Crippen LogP contribution in [0.4, 0.5) is 4.39 Å². The Morgan fingerprint density at radius 3 is 0.943 bits per heavy atom. The number of unbranched alkanes of at least 4 members (excludes halogenated alkanes) is 6. The summed E-state index contributed by atoms with van der Waals surface area (Å²) in [6, 6.07) is 0. The summed E-state index contributed by atoms with van der Waals surface area (Å²) in [5.74, 6) is -4.62. The monoisotopic (exact) mass is 1780 g/mol. The van der Waals surface area contributed by atoms with E-state index in [-0.39, 0.29) is 91.5 Å². The second kappa shape index (κ2) is 74.7. The molecule has 0 spiro atoms. The summed E-state index contributed by atoms with van der Waals surface area (Å²) in [6.07, 6.45) is 18.2. The number of aliphatic hydroxyl groups excluding tert-OH is 2. The van der Waals surface area contributed by atoms with Gasteiger partial charge in [-0.25, -0.2) is 8.42 Å². The van der Waals surface area contributed by atoms with E-state index < -0.39 is 102 Å². The number of hydrogen-bond donors (Lipinski definition) is 2. The van der Waals surface area contributed by atoms with Crippen molar-refractivity contribution in [2.45, 2.75) is 237 Å². The van der Waals surface area contributed by atoms with Crippen LogP contribution < -0.4 is 0 Å². The van der Waals surface area contributed by atoms with E-state index in [1.807, 2.05) is 0 Å². The van der Waals surface area contributed by atoms with Crippen LogP contribution in [0.15, 0.2) is 0 Å². The summed E-state index contributed by atoms with van der Waals surface area (Å²) in [4.78, 5) is 95.2. The lowest BCUT2D eigenvalue weighted by molar-refractivity contribution is -0.173. The van der Waals surface area contributed by atoms with Crippen LogP contribution >= 0.6 is 68.3 Å². The molecule has 0 saturated carbocycles. The summed E-state index contributed by atoms with van der Waals surface area (Å²) in [7, 11) is 1.71. The van der Waals surface area contributed by atoms with Gasteiger partial charge in [-0.15, -0.1) is 0 Å². The van der Waals surface area contributed by atoms with Crippen LogP contribution in [0, 0.1) is 21.7 Å². The van der Waals surface area contributed by atoms with E-state index in [0.29, 0.717) is 71.0 Å². The van der Waals surface area contributed by atoms with Gasteiger partial charge < -0.3 is 67.1 Å². The number of alkyl halides is 3. The molecule has 5 atom stereocenters. The Bertz CT molecular complexity index is 2380. The lowest BCUT2D eigenvalue weighted by Gasteiger charge is -2.25. The van der Waals surface area contributed by atoms with Crippen LogP contribution in [0.2, 0.25) is 0 Å². The summed E-state index contributed by atoms with van der Waals surface area (Å²) >= 11 is 10.9. The van der Waals surface area contributed by atoms with Gasteiger partial charge in [-0.3, -0.25) is 46.9 Å². The third-order valence-electron chi connectivity index (χ3n) is 14.3. The normalized spacial score (nSPS) is 14.4. The second-order valence-corrected chi connectivity index (χ2v) is 32.5. The van der Waals surface area contributed by atoms with Crippen molar-refractivity contribution in [1.29, 1.82) is 2.56 Å². The minimum absolute atomic E-state index is 0.0144. The molecule has 2 heterocycles. The molecule has 37 heteroatoms. The molecule has 626 valence electrons. The largest absolute Gasteiger partial charge is 0.465 e. The molecular formula is C68H132Br2ClFO27P3S3+. The van der Waals surface area contributed by atoms with Gasteiger partial charge in [-0.1, -0.05) is 31.9 Å². The Balaban J connectivity index is -0.000000223. The fraction of sp³-hybridized carbons (Fsp3) is 0.882. The fourth-order valence-electron chi connectivity index (χ4n) is 8.53. The Labute approximate surface area is 663 Å². The zero-order valence-electron chi connectivity index (χ0n) is 66.9. The van der Waals surface area contributed by atoms with Gasteiger partial charge in [0.25, 0.3) is 10.1 Å². The molecule has 0 aromatic rings. The molecule has 0 amide bonds. The van der Waals surface area contributed by atoms with E-state index in [9.17, 15) is 59.6 Å². The van der Waals surface area contributed by atoms with Gasteiger partial charge in [0.1, 0.15) is 0 Å². The topological polar surface area (TPSA) is 365 Å². The van der Waals surface area contributed by atoms with Gasteiger partial charge in [0.05, 0.1) is 88.9 Å². The Hall–Kier alpha value is -2.06. The summed E-state index contributed by atoms with van der Waals surface area (Å²) in [5, 5.41) is 19.0. The predicted molar refractivity (Wildman–Crippen MR) is 424 cm³/mol. The number of rotatable bonds is 44. The maximum Gasteiger partial charge on any atom is 0.355 e. The maximum absolute atomic E-state index is 12.1. The first kappa shape index (κ1) is 112. The van der Waals surface area contributed by atoms with Crippen molar-refractivity contribution >= 4 is 147 Å². The van der Waals surface area contributed by atoms with Gasteiger partial charge in [-0.05, 0) is 224 Å². The highest BCUT2D eigenvalue weighted by molar-refractivity contribution is 9.09. The highest BCUT2D eigenvalue weighted by Crippen LogP contribution is 2.32. The van der Waals surface area contributed by atoms with E-state index in [0.717, 1.165) is 94.4 Å². The number of carbonyl (C=O) groups excluding carboxylic acids is 8. The van der Waals surface area contributed by atoms with E-state index in [1.54, 1.807) is 72.2 Å². The van der Waals surface area contributed by atoms with Gasteiger partial charge in [-0.2, -0.15) is 18.3 Å². The van der Waals surface area contributed by atoms with Crippen molar-refractivity contribution in [3.05, 3.63) is 0 Å². The number of esters is 8. The number of ether oxygens (including phenoxy) is 12. The lowest BCUT2D eigenvalue weighted by atomic mass is 9.85. The molecule has 0 aromatic heterocycles. The molecule has 0 aromatic carbocycles. The molecule has 2 aliphatic rings. The highest BCUT2D eigenvalue weighted by Gasteiger charge is 2.46. The minimum Gasteiger partial charge on any atom is -0.465 e. The fourth-order valence-corrected chi connectivity index (χ4v) is 9.74. The summed E-state index contributed by atoms with van der Waals surface area (Å²) in [5.41, 5.74) is -5.20. The first-order chi connectivity index (χ1) is 50.3. The van der Waals surface area contributed by atoms with Gasteiger partial charge in [0.2, 0.25) is 9.05 Å². The van der Waals surface area contributed by atoms with Crippen molar-refractivity contribution in [2.75, 3.05) is 129 Å². The molecule has 0 bridgehead atoms. The molecule has 2 fully saturated rings. The molecule has 2 saturated heterocycles. The average molecular weight is 1790 g/mol. The molecular weight excluding hydrogens is 1650 g/mol. The molecule has 2 aliphatic heterocycles. The minimum atomic E-state index is -3.47. The van der Waals surface area contributed by atoms with Crippen molar-refractivity contribution in [1.82, 2.24) is 0 Å². The molecule has 0 aliphatic carbocycles. The number of carbonyl (C=O) groups is 8. The van der Waals surface area contributed by atoms with Gasteiger partial charge >= 0.3 is 49.0 Å². The maximum atomic E-state index is 12.1. The van der Waals surface area contributed by atoms with Gasteiger partial charge in [0, 0.05) is 61.0 Å². The predicted octanol–water partition coefficient (Wildman–Crippen LogP) is 12.7. The van der Waals surface area contributed by atoms with Crippen molar-refractivity contribution in [2.24, 2.45) is 21.7 Å². The molecule has 0 radical (unpaired) electrons. The first-order valence-electron chi connectivity index (χ1n) is 36.6. The van der Waals surface area contributed by atoms with Crippen LogP contribution in [0.25, 0.3) is 0 Å². The van der Waals surface area contributed by atoms with Gasteiger partial charge in [0.15, 0.2) is 53.0 Å². The number of hydrogen-bond acceptors (Lipinski definition) is 28. The van der Waals surface area contributed by atoms with Crippen molar-refractivity contribution in [3.63, 3.8) is 0 Å². The number of halogens is 4. The van der Waals surface area contributed by atoms with E-state index in [1.165, 1.54) is 40.0 Å². The second-order valence-electron chi connectivity index (χ2n) is 23.5. The van der Waals surface area contributed by atoms with Crippen molar-refractivity contribution < 1.29 is 131 Å². The third kappa shape index (κ3) is 64.2. The van der Waals surface area contributed by atoms with Crippen LogP contribution in [0.1, 0.15) is 224 Å². The van der Waals surface area contributed by atoms with E-state index in [2.05, 4.69) is 67.5 Å². The molecule has 2 rings (SSSR count). The standard InChI is InChI=1S/C17H30O6.C13H24O7S.C12H21FO4.C12H22O5.C9H17BrO2.C4H9BrO.CH3ClO2S.H2P2S.H3P/c1-4-20-15(18)17(3,16(19)21-5-2)11-7-9-13-23-14-10-6-8-12-22-14;1-5-18-11(14)13(3,12(15)19-6-2)9-7-8-10-20-21(4,16)17;2*1-4-16-10(14)12(3,8-6-7-9-13)11(15)17-5-2;10-6-2-4-8-12-9-5-1-3-7-11-9;5-3-1-2-4-6;1-5(2,3)4;1-2-3;/h14H,4-13H2,1-3H3;5-10H2,1-4H3;4-9H2,1-3H3;13H,4-9H2,1-3H3;9H,1-8H2;6H,1-4H2;1H3;1H2;1H3/p+1/i;;;;;;;;1D/hT. The van der Waals surface area contributed by atoms with Crippen LogP contribution in [0.5, 0.6) is 0 Å². The molecule has 27 nitrogen and oxygen atoms in total. The SMILES string of the molecule is BrCCCCOC1CCCCO1.CCOC(=O)C(C)(CCCCF)C(=O)OCC.CCOC(=O)C(C)(CCCCO)C(=O)OCC.CCOC(=O)C(C)(CCCCOC1CCCCO1)C(=O)OCC.CCOC(=O)C(C)(CCCCOS(C)(=O)=O)C(=O)OCC.CS(=O)(=O)Cl.OCCCCBr.[2H]P.[3H][P+](P)=S. The van der Waals surface area contributed by atoms with E-state index in [4.69, 9.17) is 69.6 Å². The highest BCUT2D eigenvalue weighted by atomic mass is 79.9. The Kier molecular flexibility index (Phi) is 79.3. The Morgan fingerprint density at radius 2 is 0.733 bits per heavy atom. The quantitative estimate of drug-likeness (QED) is 0.00836. The zero-order valence-corrected chi connectivity index (χ0v) is 74.5. The summed E-state index contributed by atoms with van der Waals surface area (Å²) in [6.45, 7) is 23.4. The van der Waals surface area contributed by atoms with Crippen molar-refractivity contribution in [3.8, 4) is 0 Å². The van der Waals surface area contributed by atoms with Crippen LogP contribution in [0.3, 0.4) is 0 Å². The summed E-state index contributed by atoms with van der Waals surface area (Å²) < 4.78 is 131. The lowest BCUT2D eigenvalue weighted by Crippen LogP contribution is -2.39. The first-order valence-corrected chi connectivity index (χ1v) is 45.8. The van der Waals surface area contributed by atoms with E-state index >= 15 is 0 Å². The van der Waals surface area contributed by atoms with Crippen LogP contribution in [-0.4, -0.2) is 219 Å². The Morgan fingerprint density at radius 1 is 0.505 bits per heavy atom. The third-order valence-corrected chi connectivity index (χ3v) is 16.1. The molecule has 2 N–H and O–H groups in total. The average Bonchev–Trinajstić information content (AvgIpc) is 0.849. The zero-order chi connectivity index (χ0) is 83.8. The van der Waals surface area contributed by atoms with Crippen LogP contribution in [-0.2, 0) is 130 Å². The smallest absolute Gasteiger partial charge is 0.355 e.